The Labute approximate surface area is 238 Å². The van der Waals surface area contributed by atoms with Gasteiger partial charge in [-0.05, 0) is 47.7 Å². The van der Waals surface area contributed by atoms with E-state index < -0.39 is 12.1 Å². The molecule has 0 aliphatic carbocycles. The van der Waals surface area contributed by atoms with E-state index in [1.165, 1.54) is 5.56 Å². The number of aromatic amines is 1. The molecule has 2 atom stereocenters. The highest BCUT2D eigenvalue weighted by molar-refractivity contribution is 5.98. The van der Waals surface area contributed by atoms with Crippen LogP contribution in [0.25, 0.3) is 10.9 Å². The van der Waals surface area contributed by atoms with Gasteiger partial charge in [-0.3, -0.25) is 14.5 Å². The molecule has 8 heteroatoms. The largest absolute Gasteiger partial charge is 0.454 e. The SMILES string of the molecule is O=C1C2Cc3c([nH]c4ccccc34)C(c3ccc4c(c3)OCO4)N2C(=O)CN1C1CCN(Cc2ccccc2)CC1. The maximum absolute atomic E-state index is 14.3. The first kappa shape index (κ1) is 24.5. The number of nitrogens with one attached hydrogen (secondary N) is 1. The van der Waals surface area contributed by atoms with Crippen LogP contribution in [-0.4, -0.2) is 70.0 Å². The predicted octanol–water partition coefficient (Wildman–Crippen LogP) is 4.25. The smallest absolute Gasteiger partial charge is 0.246 e. The number of aromatic nitrogens is 1. The summed E-state index contributed by atoms with van der Waals surface area (Å²) in [5, 5.41) is 1.11. The molecule has 208 valence electrons. The molecule has 1 aromatic heterocycles. The van der Waals surface area contributed by atoms with Crippen molar-refractivity contribution in [3.63, 3.8) is 0 Å². The van der Waals surface area contributed by atoms with Crippen molar-refractivity contribution in [3.05, 3.63) is 95.2 Å². The summed E-state index contributed by atoms with van der Waals surface area (Å²) in [5.41, 5.74) is 5.33. The summed E-state index contributed by atoms with van der Waals surface area (Å²) in [6.07, 6.45) is 2.26. The number of hydrogen-bond acceptors (Lipinski definition) is 5. The van der Waals surface area contributed by atoms with Crippen molar-refractivity contribution in [1.82, 2.24) is 19.7 Å². The fourth-order valence-corrected chi connectivity index (χ4v) is 7.26. The Balaban J connectivity index is 1.10. The molecular weight excluding hydrogens is 516 g/mol. The molecule has 4 aromatic rings. The summed E-state index contributed by atoms with van der Waals surface area (Å²) in [4.78, 5) is 38.1. The van der Waals surface area contributed by atoms with Crippen molar-refractivity contribution in [2.24, 2.45) is 0 Å². The lowest BCUT2D eigenvalue weighted by molar-refractivity contribution is -0.161. The minimum Gasteiger partial charge on any atom is -0.454 e. The number of piperazine rings is 1. The number of carbonyl (C=O) groups excluding carboxylic acids is 2. The highest BCUT2D eigenvalue weighted by Gasteiger charge is 2.49. The first-order valence-corrected chi connectivity index (χ1v) is 14.5. The van der Waals surface area contributed by atoms with Crippen LogP contribution in [0.4, 0.5) is 0 Å². The van der Waals surface area contributed by atoms with E-state index in [9.17, 15) is 9.59 Å². The van der Waals surface area contributed by atoms with Crippen LogP contribution < -0.4 is 9.47 Å². The number of ether oxygens (including phenoxy) is 2. The first-order valence-electron chi connectivity index (χ1n) is 14.5. The van der Waals surface area contributed by atoms with Crippen molar-refractivity contribution in [2.75, 3.05) is 26.4 Å². The molecule has 0 radical (unpaired) electrons. The molecular formula is C33H32N4O4. The number of hydrogen-bond donors (Lipinski definition) is 1. The number of piperidine rings is 1. The standard InChI is InChI=1S/C33H32N4O4/c38-30-19-36(23-12-14-35(15-13-23)18-21-6-2-1-3-7-21)33(39)27-17-25-24-8-4-5-9-26(24)34-31(25)32(37(27)30)22-10-11-28-29(16-22)41-20-40-28/h1-11,16,23,27,32,34H,12-15,17-20H2. The van der Waals surface area contributed by atoms with Crippen molar-refractivity contribution < 1.29 is 19.1 Å². The summed E-state index contributed by atoms with van der Waals surface area (Å²) >= 11 is 0. The molecule has 5 heterocycles. The van der Waals surface area contributed by atoms with Crippen LogP contribution in [0.5, 0.6) is 11.5 Å². The van der Waals surface area contributed by atoms with Crippen LogP contribution >= 0.6 is 0 Å². The van der Waals surface area contributed by atoms with Gasteiger partial charge in [-0.25, -0.2) is 0 Å². The van der Waals surface area contributed by atoms with E-state index in [0.29, 0.717) is 17.9 Å². The zero-order valence-electron chi connectivity index (χ0n) is 22.8. The summed E-state index contributed by atoms with van der Waals surface area (Å²) in [6, 6.07) is 23.7. The lowest BCUT2D eigenvalue weighted by Gasteiger charge is -2.49. The Hall–Kier alpha value is -4.30. The number of rotatable bonds is 4. The zero-order valence-corrected chi connectivity index (χ0v) is 22.8. The maximum Gasteiger partial charge on any atom is 0.246 e. The van der Waals surface area contributed by atoms with E-state index in [2.05, 4.69) is 46.3 Å². The second kappa shape index (κ2) is 9.66. The number of benzene rings is 3. The molecule has 2 fully saturated rings. The molecule has 4 aliphatic rings. The van der Waals surface area contributed by atoms with E-state index in [4.69, 9.17) is 9.47 Å². The molecule has 8 nitrogen and oxygen atoms in total. The lowest BCUT2D eigenvalue weighted by Crippen LogP contribution is -2.65. The Morgan fingerprint density at radius 2 is 1.66 bits per heavy atom. The van der Waals surface area contributed by atoms with Crippen LogP contribution in [0.15, 0.2) is 72.8 Å². The molecule has 0 bridgehead atoms. The van der Waals surface area contributed by atoms with E-state index in [-0.39, 0.29) is 31.2 Å². The van der Waals surface area contributed by atoms with Crippen molar-refractivity contribution in [2.45, 2.75) is 43.9 Å². The van der Waals surface area contributed by atoms with Gasteiger partial charge in [0.2, 0.25) is 18.6 Å². The van der Waals surface area contributed by atoms with Gasteiger partial charge in [0.05, 0.1) is 6.04 Å². The molecule has 0 saturated carbocycles. The number of H-pyrrole nitrogens is 1. The summed E-state index contributed by atoms with van der Waals surface area (Å²) in [5.74, 6) is 1.42. The quantitative estimate of drug-likeness (QED) is 0.413. The molecule has 2 saturated heterocycles. The van der Waals surface area contributed by atoms with Gasteiger partial charge in [0.15, 0.2) is 11.5 Å². The summed E-state index contributed by atoms with van der Waals surface area (Å²) in [7, 11) is 0. The average molecular weight is 549 g/mol. The molecule has 41 heavy (non-hydrogen) atoms. The normalized spacial score (nSPS) is 22.7. The van der Waals surface area contributed by atoms with E-state index in [1.807, 2.05) is 46.2 Å². The minimum atomic E-state index is -0.541. The summed E-state index contributed by atoms with van der Waals surface area (Å²) in [6.45, 7) is 3.05. The van der Waals surface area contributed by atoms with Crippen LogP contribution in [0, 0.1) is 0 Å². The van der Waals surface area contributed by atoms with Gasteiger partial charge < -0.3 is 24.3 Å². The van der Waals surface area contributed by atoms with Gasteiger partial charge in [0.1, 0.15) is 12.6 Å². The monoisotopic (exact) mass is 548 g/mol. The van der Waals surface area contributed by atoms with Gasteiger partial charge in [-0.1, -0.05) is 54.6 Å². The third-order valence-electron chi connectivity index (χ3n) is 9.25. The summed E-state index contributed by atoms with van der Waals surface area (Å²) < 4.78 is 11.2. The fourth-order valence-electron chi connectivity index (χ4n) is 7.26. The van der Waals surface area contributed by atoms with Crippen molar-refractivity contribution >= 4 is 22.7 Å². The average Bonchev–Trinajstić information content (AvgIpc) is 3.63. The topological polar surface area (TPSA) is 78.1 Å². The highest BCUT2D eigenvalue weighted by atomic mass is 16.7. The number of para-hydroxylation sites is 1. The van der Waals surface area contributed by atoms with Crippen molar-refractivity contribution in [1.29, 1.82) is 0 Å². The predicted molar refractivity (Wildman–Crippen MR) is 153 cm³/mol. The zero-order chi connectivity index (χ0) is 27.5. The number of fused-ring (bicyclic) bond motifs is 5. The Kier molecular flexibility index (Phi) is 5.77. The van der Waals surface area contributed by atoms with E-state index >= 15 is 0 Å². The van der Waals surface area contributed by atoms with Crippen LogP contribution in [-0.2, 0) is 22.6 Å². The van der Waals surface area contributed by atoms with Crippen LogP contribution in [0.3, 0.4) is 0 Å². The van der Waals surface area contributed by atoms with Crippen LogP contribution in [0.2, 0.25) is 0 Å². The molecule has 8 rings (SSSR count). The third kappa shape index (κ3) is 4.08. The highest BCUT2D eigenvalue weighted by Crippen LogP contribution is 2.45. The Morgan fingerprint density at radius 1 is 0.878 bits per heavy atom. The van der Waals surface area contributed by atoms with E-state index in [1.54, 1.807) is 0 Å². The van der Waals surface area contributed by atoms with Gasteiger partial charge in [-0.2, -0.15) is 0 Å². The fraction of sp³-hybridized carbons (Fsp3) is 0.333. The van der Waals surface area contributed by atoms with Gasteiger partial charge >= 0.3 is 0 Å². The number of nitrogens with zero attached hydrogens (tertiary/aromatic N) is 3. The van der Waals surface area contributed by atoms with E-state index in [0.717, 1.165) is 60.2 Å². The van der Waals surface area contributed by atoms with Gasteiger partial charge in [0, 0.05) is 48.7 Å². The maximum atomic E-state index is 14.3. The molecule has 2 amide bonds. The Morgan fingerprint density at radius 3 is 2.51 bits per heavy atom. The molecule has 0 spiro atoms. The number of amides is 2. The minimum absolute atomic E-state index is 0.00621. The van der Waals surface area contributed by atoms with Crippen molar-refractivity contribution in [3.8, 4) is 11.5 Å². The molecule has 4 aliphatic heterocycles. The lowest BCUT2D eigenvalue weighted by atomic mass is 9.85. The molecule has 1 N–H and O–H groups in total. The molecule has 2 unspecified atom stereocenters. The first-order chi connectivity index (χ1) is 20.1. The van der Waals surface area contributed by atoms with Crippen LogP contribution in [0.1, 0.15) is 41.3 Å². The Bertz CT molecular complexity index is 1640. The third-order valence-corrected chi connectivity index (χ3v) is 9.25. The second-order valence-electron chi connectivity index (χ2n) is 11.6. The number of likely N-dealkylation sites (tertiary alicyclic amines) is 1. The van der Waals surface area contributed by atoms with Gasteiger partial charge in [-0.15, -0.1) is 0 Å². The second-order valence-corrected chi connectivity index (χ2v) is 11.6. The number of carbonyl (C=O) groups is 2. The van der Waals surface area contributed by atoms with Gasteiger partial charge in [0.25, 0.3) is 0 Å². The molecule has 3 aromatic carbocycles.